The number of hydrogen-bond donors (Lipinski definition) is 1. The molecule has 0 radical (unpaired) electrons. The molecule has 2 heterocycles. The van der Waals surface area contributed by atoms with Crippen LogP contribution in [0.15, 0.2) is 6.20 Å². The zero-order valence-electron chi connectivity index (χ0n) is 9.72. The van der Waals surface area contributed by atoms with E-state index in [0.29, 0.717) is 6.42 Å². The number of nitrogens with zero attached hydrogens (tertiary/aromatic N) is 2. The van der Waals surface area contributed by atoms with E-state index in [0.717, 1.165) is 32.0 Å². The Morgan fingerprint density at radius 1 is 1.47 bits per heavy atom. The number of alkyl halides is 3. The quantitative estimate of drug-likeness (QED) is 0.867. The van der Waals surface area contributed by atoms with Crippen LogP contribution in [0.1, 0.15) is 30.5 Å². The van der Waals surface area contributed by atoms with Crippen molar-refractivity contribution in [3.63, 3.8) is 0 Å². The van der Waals surface area contributed by atoms with Gasteiger partial charge in [0.25, 0.3) is 0 Å². The maximum absolute atomic E-state index is 12.7. The summed E-state index contributed by atoms with van der Waals surface area (Å²) in [5.41, 5.74) is -0.329. The van der Waals surface area contributed by atoms with Crippen LogP contribution in [-0.2, 0) is 19.6 Å². The lowest BCUT2D eigenvalue weighted by atomic mass is 9.99. The van der Waals surface area contributed by atoms with Gasteiger partial charge in [0.05, 0.1) is 17.5 Å². The molecule has 0 bridgehead atoms. The Labute approximate surface area is 98.0 Å². The first kappa shape index (κ1) is 12.4. The third kappa shape index (κ3) is 2.80. The molecule has 1 saturated heterocycles. The molecular formula is C11H16F3N3. The van der Waals surface area contributed by atoms with E-state index in [2.05, 4.69) is 10.4 Å². The van der Waals surface area contributed by atoms with Crippen molar-refractivity contribution in [2.24, 2.45) is 7.05 Å². The molecule has 3 nitrogen and oxygen atoms in total. The molecule has 0 amide bonds. The van der Waals surface area contributed by atoms with Gasteiger partial charge in [0.1, 0.15) is 0 Å². The van der Waals surface area contributed by atoms with Gasteiger partial charge in [-0.25, -0.2) is 0 Å². The van der Waals surface area contributed by atoms with E-state index in [4.69, 9.17) is 0 Å². The summed E-state index contributed by atoms with van der Waals surface area (Å²) in [6.07, 6.45) is 0.120. The molecule has 1 aliphatic rings. The van der Waals surface area contributed by atoms with Crippen molar-refractivity contribution in [2.45, 2.75) is 37.9 Å². The molecule has 1 unspecified atom stereocenters. The van der Waals surface area contributed by atoms with Gasteiger partial charge in [-0.3, -0.25) is 4.68 Å². The molecule has 2 rings (SSSR count). The second-order valence-corrected chi connectivity index (χ2v) is 4.48. The van der Waals surface area contributed by atoms with Crippen LogP contribution in [0.3, 0.4) is 0 Å². The third-order valence-corrected chi connectivity index (χ3v) is 3.22. The molecule has 1 fully saturated rings. The number of rotatable bonds is 2. The van der Waals surface area contributed by atoms with Crippen LogP contribution in [0.5, 0.6) is 0 Å². The van der Waals surface area contributed by atoms with Gasteiger partial charge in [-0.2, -0.15) is 18.3 Å². The predicted octanol–water partition coefficient (Wildman–Crippen LogP) is 2.12. The Morgan fingerprint density at radius 3 is 2.82 bits per heavy atom. The molecule has 6 heteroatoms. The van der Waals surface area contributed by atoms with Crippen molar-refractivity contribution in [3.8, 4) is 0 Å². The Hall–Kier alpha value is -1.04. The molecule has 0 aromatic carbocycles. The Bertz CT molecular complexity index is 378. The van der Waals surface area contributed by atoms with Crippen molar-refractivity contribution in [1.82, 2.24) is 15.1 Å². The number of aryl methyl sites for hydroxylation is 1. The summed E-state index contributed by atoms with van der Waals surface area (Å²) in [6.45, 7) is 0.893. The van der Waals surface area contributed by atoms with Crippen LogP contribution in [0, 0.1) is 0 Å². The zero-order chi connectivity index (χ0) is 12.5. The van der Waals surface area contributed by atoms with Crippen molar-refractivity contribution in [2.75, 3.05) is 6.54 Å². The maximum Gasteiger partial charge on any atom is 0.419 e. The second kappa shape index (κ2) is 4.68. The molecule has 1 atom stereocenters. The minimum Gasteiger partial charge on any atom is -0.314 e. The van der Waals surface area contributed by atoms with Gasteiger partial charge in [0.2, 0.25) is 0 Å². The SMILES string of the molecule is Cn1ncc(C(F)(F)F)c1CC1CCCCN1. The van der Waals surface area contributed by atoms with Crippen LogP contribution < -0.4 is 5.32 Å². The fourth-order valence-electron chi connectivity index (χ4n) is 2.27. The van der Waals surface area contributed by atoms with Crippen LogP contribution in [0.25, 0.3) is 0 Å². The molecule has 1 aromatic heterocycles. The van der Waals surface area contributed by atoms with Crippen LogP contribution in [0.4, 0.5) is 13.2 Å². The Kier molecular flexibility index (Phi) is 3.42. The van der Waals surface area contributed by atoms with E-state index in [1.165, 1.54) is 4.68 Å². The average Bonchev–Trinajstić information content (AvgIpc) is 2.62. The molecule has 1 aliphatic heterocycles. The third-order valence-electron chi connectivity index (χ3n) is 3.22. The summed E-state index contributed by atoms with van der Waals surface area (Å²) in [5, 5.41) is 6.97. The van der Waals surface area contributed by atoms with E-state index in [9.17, 15) is 13.2 Å². The molecule has 17 heavy (non-hydrogen) atoms. The van der Waals surface area contributed by atoms with Gasteiger partial charge in [-0.1, -0.05) is 6.42 Å². The summed E-state index contributed by atoms with van der Waals surface area (Å²) in [6, 6.07) is 0.139. The minimum absolute atomic E-state index is 0.139. The van der Waals surface area contributed by atoms with Gasteiger partial charge >= 0.3 is 6.18 Å². The molecule has 0 saturated carbocycles. The number of aromatic nitrogens is 2. The summed E-state index contributed by atoms with van der Waals surface area (Å²) < 4.78 is 39.6. The first-order chi connectivity index (χ1) is 7.98. The van der Waals surface area contributed by atoms with Gasteiger partial charge < -0.3 is 5.32 Å². The Morgan fingerprint density at radius 2 is 2.24 bits per heavy atom. The van der Waals surface area contributed by atoms with Crippen molar-refractivity contribution in [3.05, 3.63) is 17.5 Å². The maximum atomic E-state index is 12.7. The van der Waals surface area contributed by atoms with Crippen LogP contribution >= 0.6 is 0 Å². The van der Waals surface area contributed by atoms with Crippen LogP contribution in [-0.4, -0.2) is 22.4 Å². The summed E-state index contributed by atoms with van der Waals surface area (Å²) in [5.74, 6) is 0. The normalized spacial score (nSPS) is 21.8. The summed E-state index contributed by atoms with van der Waals surface area (Å²) in [7, 11) is 1.56. The predicted molar refractivity (Wildman–Crippen MR) is 57.6 cm³/mol. The lowest BCUT2D eigenvalue weighted by molar-refractivity contribution is -0.138. The minimum atomic E-state index is -4.31. The van der Waals surface area contributed by atoms with Crippen LogP contribution in [0.2, 0.25) is 0 Å². The highest BCUT2D eigenvalue weighted by atomic mass is 19.4. The first-order valence-electron chi connectivity index (χ1n) is 5.80. The number of halogens is 3. The van der Waals surface area contributed by atoms with E-state index in [-0.39, 0.29) is 11.7 Å². The van der Waals surface area contributed by atoms with E-state index >= 15 is 0 Å². The summed E-state index contributed by atoms with van der Waals surface area (Å²) in [4.78, 5) is 0. The average molecular weight is 247 g/mol. The zero-order valence-corrected chi connectivity index (χ0v) is 9.72. The highest BCUT2D eigenvalue weighted by molar-refractivity contribution is 5.22. The van der Waals surface area contributed by atoms with Crippen molar-refractivity contribution >= 4 is 0 Å². The van der Waals surface area contributed by atoms with Crippen molar-refractivity contribution < 1.29 is 13.2 Å². The second-order valence-electron chi connectivity index (χ2n) is 4.48. The van der Waals surface area contributed by atoms with Gasteiger partial charge in [-0.05, 0) is 19.4 Å². The smallest absolute Gasteiger partial charge is 0.314 e. The lowest BCUT2D eigenvalue weighted by Gasteiger charge is -2.24. The van der Waals surface area contributed by atoms with Gasteiger partial charge in [-0.15, -0.1) is 0 Å². The van der Waals surface area contributed by atoms with E-state index < -0.39 is 11.7 Å². The first-order valence-corrected chi connectivity index (χ1v) is 5.80. The molecule has 1 aromatic rings. The molecule has 0 spiro atoms. The lowest BCUT2D eigenvalue weighted by Crippen LogP contribution is -2.36. The van der Waals surface area contributed by atoms with Crippen molar-refractivity contribution in [1.29, 1.82) is 0 Å². The van der Waals surface area contributed by atoms with Gasteiger partial charge in [0.15, 0.2) is 0 Å². The molecular weight excluding hydrogens is 231 g/mol. The number of hydrogen-bond acceptors (Lipinski definition) is 2. The monoisotopic (exact) mass is 247 g/mol. The van der Waals surface area contributed by atoms with E-state index in [1.54, 1.807) is 7.05 Å². The molecule has 0 aliphatic carbocycles. The molecule has 96 valence electrons. The standard InChI is InChI=1S/C11H16F3N3/c1-17-10(6-8-4-2-3-5-15-8)9(7-16-17)11(12,13)14/h7-8,15H,2-6H2,1H3. The molecule has 1 N–H and O–H groups in total. The topological polar surface area (TPSA) is 29.9 Å². The summed E-state index contributed by atoms with van der Waals surface area (Å²) >= 11 is 0. The Balaban J connectivity index is 2.16. The van der Waals surface area contributed by atoms with E-state index in [1.807, 2.05) is 0 Å². The highest BCUT2D eigenvalue weighted by Crippen LogP contribution is 2.32. The van der Waals surface area contributed by atoms with Gasteiger partial charge in [0, 0.05) is 19.5 Å². The number of nitrogens with one attached hydrogen (secondary N) is 1. The fraction of sp³-hybridized carbons (Fsp3) is 0.727. The largest absolute Gasteiger partial charge is 0.419 e. The highest BCUT2D eigenvalue weighted by Gasteiger charge is 2.36. The fourth-order valence-corrected chi connectivity index (χ4v) is 2.27. The number of piperidine rings is 1.